The molecule has 0 radical (unpaired) electrons. The van der Waals surface area contributed by atoms with Crippen LogP contribution in [0.2, 0.25) is 0 Å². The molecule has 0 unspecified atom stereocenters. The highest BCUT2D eigenvalue weighted by molar-refractivity contribution is 9.10. The molecule has 3 rings (SSSR count). The fraction of sp³-hybridized carbons (Fsp3) is 0.286. The number of fused-ring (bicyclic) bond motifs is 1. The molecular formula is C21H24BrN3O3S. The molecule has 3 aromatic rings. The van der Waals surface area contributed by atoms with Gasteiger partial charge >= 0.3 is 0 Å². The topological polar surface area (TPSA) is 91.1 Å². The molecule has 0 aliphatic carbocycles. The van der Waals surface area contributed by atoms with Crippen LogP contribution < -0.4 is 10.0 Å². The molecule has 8 heteroatoms. The summed E-state index contributed by atoms with van der Waals surface area (Å²) in [6.45, 7) is 5.73. The number of sulfonamides is 1. The van der Waals surface area contributed by atoms with Crippen molar-refractivity contribution in [1.29, 1.82) is 0 Å². The summed E-state index contributed by atoms with van der Waals surface area (Å²) < 4.78 is 28.3. The minimum absolute atomic E-state index is 0.0532. The fourth-order valence-electron chi connectivity index (χ4n) is 3.05. The van der Waals surface area contributed by atoms with E-state index in [0.717, 1.165) is 16.5 Å². The first-order valence-corrected chi connectivity index (χ1v) is 11.5. The van der Waals surface area contributed by atoms with E-state index in [0.29, 0.717) is 17.4 Å². The molecule has 0 saturated carbocycles. The lowest BCUT2D eigenvalue weighted by Gasteiger charge is -2.20. The Balaban J connectivity index is 1.72. The molecular weight excluding hydrogens is 454 g/mol. The summed E-state index contributed by atoms with van der Waals surface area (Å²) in [5.74, 6) is -0.329. The number of nitrogens with one attached hydrogen (secondary N) is 3. The second-order valence-corrected chi connectivity index (χ2v) is 10.4. The Hall–Kier alpha value is -2.16. The van der Waals surface area contributed by atoms with E-state index in [1.807, 2.05) is 30.5 Å². The van der Waals surface area contributed by atoms with E-state index in [9.17, 15) is 13.2 Å². The van der Waals surface area contributed by atoms with Gasteiger partial charge in [0.15, 0.2) is 0 Å². The molecule has 154 valence electrons. The maximum Gasteiger partial charge on any atom is 0.252 e. The summed E-state index contributed by atoms with van der Waals surface area (Å²) in [6.07, 6.45) is 2.61. The van der Waals surface area contributed by atoms with Crippen LogP contribution in [0, 0.1) is 0 Å². The van der Waals surface area contributed by atoms with Gasteiger partial charge in [-0.3, -0.25) is 4.79 Å². The van der Waals surface area contributed by atoms with E-state index in [1.165, 1.54) is 12.1 Å². The number of aromatic nitrogens is 1. The van der Waals surface area contributed by atoms with E-state index in [2.05, 4.69) is 31.0 Å². The summed E-state index contributed by atoms with van der Waals surface area (Å²) in [7, 11) is -3.73. The minimum atomic E-state index is -3.73. The van der Waals surface area contributed by atoms with Crippen molar-refractivity contribution >= 4 is 42.8 Å². The molecule has 29 heavy (non-hydrogen) atoms. The molecule has 0 bridgehead atoms. The predicted molar refractivity (Wildman–Crippen MR) is 119 cm³/mol. The van der Waals surface area contributed by atoms with Crippen LogP contribution in [0.3, 0.4) is 0 Å². The number of amides is 1. The highest BCUT2D eigenvalue weighted by Crippen LogP contribution is 2.22. The van der Waals surface area contributed by atoms with Crippen molar-refractivity contribution in [3.8, 4) is 0 Å². The quantitative estimate of drug-likeness (QED) is 0.501. The van der Waals surface area contributed by atoms with Crippen molar-refractivity contribution in [2.45, 2.75) is 37.6 Å². The van der Waals surface area contributed by atoms with E-state index in [1.54, 1.807) is 26.8 Å². The Morgan fingerprint density at radius 2 is 1.86 bits per heavy atom. The van der Waals surface area contributed by atoms with Gasteiger partial charge in [0.1, 0.15) is 0 Å². The highest BCUT2D eigenvalue weighted by atomic mass is 79.9. The molecule has 0 aliphatic heterocycles. The monoisotopic (exact) mass is 477 g/mol. The van der Waals surface area contributed by atoms with Crippen molar-refractivity contribution in [2.75, 3.05) is 6.54 Å². The van der Waals surface area contributed by atoms with Crippen molar-refractivity contribution in [3.63, 3.8) is 0 Å². The first-order valence-electron chi connectivity index (χ1n) is 9.23. The van der Waals surface area contributed by atoms with Crippen molar-refractivity contribution in [1.82, 2.24) is 15.0 Å². The van der Waals surface area contributed by atoms with Crippen LogP contribution in [-0.4, -0.2) is 31.4 Å². The van der Waals surface area contributed by atoms with Crippen LogP contribution in [-0.2, 0) is 16.4 Å². The molecule has 0 fully saturated rings. The lowest BCUT2D eigenvalue weighted by molar-refractivity contribution is 0.0953. The summed E-state index contributed by atoms with van der Waals surface area (Å²) in [6, 6.07) is 12.4. The standard InChI is InChI=1S/C21H24BrN3O3S/c1-21(2,3)25-29(27,28)15-8-9-18(22)17(12-15)20(26)23-11-10-14-13-24-19-7-5-4-6-16(14)19/h4-9,12-13,24-25H,10-11H2,1-3H3,(H,23,26). The molecule has 0 atom stereocenters. The van der Waals surface area contributed by atoms with Crippen LogP contribution in [0.15, 0.2) is 58.0 Å². The van der Waals surface area contributed by atoms with Crippen molar-refractivity contribution < 1.29 is 13.2 Å². The molecule has 0 spiro atoms. The van der Waals surface area contributed by atoms with Gasteiger partial charge < -0.3 is 10.3 Å². The van der Waals surface area contributed by atoms with Gasteiger partial charge in [-0.25, -0.2) is 13.1 Å². The van der Waals surface area contributed by atoms with Gasteiger partial charge in [-0.05, 0) is 73.0 Å². The molecule has 1 aromatic heterocycles. The Kier molecular flexibility index (Phi) is 6.16. The Morgan fingerprint density at radius 1 is 1.14 bits per heavy atom. The number of rotatable bonds is 6. The highest BCUT2D eigenvalue weighted by Gasteiger charge is 2.23. The summed E-state index contributed by atoms with van der Waals surface area (Å²) in [4.78, 5) is 15.9. The van der Waals surface area contributed by atoms with Crippen LogP contribution in [0.5, 0.6) is 0 Å². The minimum Gasteiger partial charge on any atom is -0.361 e. The van der Waals surface area contributed by atoms with Gasteiger partial charge in [0.05, 0.1) is 10.5 Å². The smallest absolute Gasteiger partial charge is 0.252 e. The normalized spacial score (nSPS) is 12.3. The van der Waals surface area contributed by atoms with E-state index >= 15 is 0 Å². The zero-order chi connectivity index (χ0) is 21.2. The van der Waals surface area contributed by atoms with Crippen molar-refractivity contribution in [3.05, 3.63) is 64.3 Å². The van der Waals surface area contributed by atoms with Gasteiger partial charge in [0.2, 0.25) is 10.0 Å². The van der Waals surface area contributed by atoms with Gasteiger partial charge in [-0.15, -0.1) is 0 Å². The molecule has 1 amide bonds. The molecule has 0 aliphatic rings. The first-order chi connectivity index (χ1) is 13.6. The third-order valence-electron chi connectivity index (χ3n) is 4.29. The average molecular weight is 478 g/mol. The molecule has 0 saturated heterocycles. The molecule has 3 N–H and O–H groups in total. The Labute approximate surface area is 179 Å². The summed E-state index contributed by atoms with van der Waals surface area (Å²) in [5.41, 5.74) is 1.83. The second-order valence-electron chi connectivity index (χ2n) is 7.86. The number of benzene rings is 2. The summed E-state index contributed by atoms with van der Waals surface area (Å²) >= 11 is 3.34. The van der Waals surface area contributed by atoms with Crippen LogP contribution >= 0.6 is 15.9 Å². The van der Waals surface area contributed by atoms with Gasteiger partial charge in [0.25, 0.3) is 5.91 Å². The third kappa shape index (κ3) is 5.26. The number of para-hydroxylation sites is 1. The number of carbonyl (C=O) groups is 1. The van der Waals surface area contributed by atoms with Gasteiger partial charge in [-0.2, -0.15) is 0 Å². The Bertz CT molecular complexity index is 1150. The predicted octanol–water partition coefficient (Wildman–Crippen LogP) is 3.98. The van der Waals surface area contributed by atoms with Gasteiger partial charge in [-0.1, -0.05) is 18.2 Å². The van der Waals surface area contributed by atoms with Crippen LogP contribution in [0.25, 0.3) is 10.9 Å². The lowest BCUT2D eigenvalue weighted by Crippen LogP contribution is -2.40. The average Bonchev–Trinajstić information content (AvgIpc) is 3.03. The number of aromatic amines is 1. The number of H-pyrrole nitrogens is 1. The Morgan fingerprint density at radius 3 is 2.59 bits per heavy atom. The number of hydrogen-bond donors (Lipinski definition) is 3. The van der Waals surface area contributed by atoms with Crippen LogP contribution in [0.1, 0.15) is 36.7 Å². The lowest BCUT2D eigenvalue weighted by atomic mass is 10.1. The van der Waals surface area contributed by atoms with Crippen molar-refractivity contribution in [2.24, 2.45) is 0 Å². The van der Waals surface area contributed by atoms with E-state index < -0.39 is 15.6 Å². The number of hydrogen-bond acceptors (Lipinski definition) is 3. The largest absolute Gasteiger partial charge is 0.361 e. The van der Waals surface area contributed by atoms with Crippen LogP contribution in [0.4, 0.5) is 0 Å². The molecule has 1 heterocycles. The van der Waals surface area contributed by atoms with E-state index in [-0.39, 0.29) is 16.4 Å². The molecule has 6 nitrogen and oxygen atoms in total. The fourth-order valence-corrected chi connectivity index (χ4v) is 4.92. The third-order valence-corrected chi connectivity index (χ3v) is 6.74. The van der Waals surface area contributed by atoms with Gasteiger partial charge in [0, 0.05) is 33.7 Å². The molecule has 2 aromatic carbocycles. The second kappa shape index (κ2) is 8.30. The number of halogens is 1. The first kappa shape index (κ1) is 21.5. The SMILES string of the molecule is CC(C)(C)NS(=O)(=O)c1ccc(Br)c(C(=O)NCCc2c[nH]c3ccccc23)c1. The maximum absolute atomic E-state index is 12.7. The zero-order valence-electron chi connectivity index (χ0n) is 16.5. The zero-order valence-corrected chi connectivity index (χ0v) is 18.9. The number of carbonyl (C=O) groups excluding carboxylic acids is 1. The summed E-state index contributed by atoms with van der Waals surface area (Å²) in [5, 5.41) is 4.00. The van der Waals surface area contributed by atoms with E-state index in [4.69, 9.17) is 0 Å². The maximum atomic E-state index is 12.7.